The summed E-state index contributed by atoms with van der Waals surface area (Å²) in [5.74, 6) is -1.36. The Hall–Kier alpha value is -4.71. The van der Waals surface area contributed by atoms with Gasteiger partial charge < -0.3 is 35.9 Å². The van der Waals surface area contributed by atoms with E-state index in [0.717, 1.165) is 62.6 Å². The summed E-state index contributed by atoms with van der Waals surface area (Å²) in [6, 6.07) is 0. The molecule has 45 heavy (non-hydrogen) atoms. The molecule has 1 atom stereocenters. The molecule has 5 rings (SSSR count). The number of aromatic amines is 2. The van der Waals surface area contributed by atoms with Crippen molar-refractivity contribution in [2.24, 2.45) is 0 Å². The summed E-state index contributed by atoms with van der Waals surface area (Å²) >= 11 is 1.78. The number of carboxylic acids is 2. The van der Waals surface area contributed by atoms with Crippen molar-refractivity contribution in [1.29, 1.82) is 0 Å². The van der Waals surface area contributed by atoms with Crippen LogP contribution in [0.25, 0.3) is 12.2 Å². The zero-order valence-corrected chi connectivity index (χ0v) is 26.3. The van der Waals surface area contributed by atoms with Crippen LogP contribution in [0.3, 0.4) is 0 Å². The van der Waals surface area contributed by atoms with E-state index in [2.05, 4.69) is 20.6 Å². The fraction of sp³-hybridized carbons (Fsp3) is 0.333. The first kappa shape index (κ1) is 31.7. The summed E-state index contributed by atoms with van der Waals surface area (Å²) in [5.41, 5.74) is 9.84. The van der Waals surface area contributed by atoms with Crippen molar-refractivity contribution in [1.82, 2.24) is 20.6 Å². The Morgan fingerprint density at radius 3 is 1.82 bits per heavy atom. The molecule has 0 unspecified atom stereocenters. The highest BCUT2D eigenvalue weighted by Crippen LogP contribution is 2.43. The number of hydrogen-bond acceptors (Lipinski definition) is 6. The standard InChI is InChI=1S/C33H36N4O7S/c1-5-18-21(13-38)26(36-33(18)44)10-22-15(2)19(6-8-29(39)40)24(34-22)12-25-20(7-9-30(41)42)16(3)23(35-25)11-27-31(28-14-45-28)17(4)32(43)37-27/h5,10-11,13,28,34-35,38H,6-9,12,14H2,1-4H3,(H,36,44)(H,37,43)(H,39,40)(H,41,42)/b18-5-,21-13+,26-10+,27-11-/t28-/m0/s1. The Balaban J connectivity index is 1.57. The average Bonchev–Trinajstić information content (AvgIpc) is 3.54. The number of carbonyl (C=O) groups excluding carboxylic acids is 2. The summed E-state index contributed by atoms with van der Waals surface area (Å²) in [4.78, 5) is 54.9. The van der Waals surface area contributed by atoms with Crippen molar-refractivity contribution in [3.63, 3.8) is 0 Å². The van der Waals surface area contributed by atoms with E-state index in [-0.39, 0.29) is 42.7 Å². The Bertz CT molecular complexity index is 1780. The second-order valence-corrected chi connectivity index (χ2v) is 12.6. The van der Waals surface area contributed by atoms with Crippen LogP contribution in [-0.2, 0) is 38.4 Å². The molecule has 3 aliphatic heterocycles. The molecule has 2 saturated heterocycles. The average molecular weight is 633 g/mol. The highest BCUT2D eigenvalue weighted by Gasteiger charge is 2.37. The SMILES string of the molecule is C\C=C1/C(=O)NC(=C/c2[nH]c(Cc3[nH]c(/C=C4\NC(=O)C(C)=C4[C@@H]4CS4)c(C)c3CCC(=O)O)c(CCC(=O)O)c2C)/C1=C/O. The minimum atomic E-state index is -0.939. The molecule has 0 saturated carbocycles. The van der Waals surface area contributed by atoms with Crippen LogP contribution in [0.5, 0.6) is 0 Å². The van der Waals surface area contributed by atoms with E-state index in [1.165, 1.54) is 0 Å². The lowest BCUT2D eigenvalue weighted by atomic mass is 9.98. The third kappa shape index (κ3) is 6.41. The van der Waals surface area contributed by atoms with E-state index >= 15 is 0 Å². The lowest BCUT2D eigenvalue weighted by molar-refractivity contribution is -0.138. The zero-order valence-electron chi connectivity index (χ0n) is 25.5. The first-order valence-corrected chi connectivity index (χ1v) is 15.7. The minimum absolute atomic E-state index is 0.0718. The van der Waals surface area contributed by atoms with Gasteiger partial charge in [-0.15, -0.1) is 0 Å². The molecule has 2 aromatic rings. The van der Waals surface area contributed by atoms with Crippen molar-refractivity contribution in [3.8, 4) is 0 Å². The summed E-state index contributed by atoms with van der Waals surface area (Å²) in [5, 5.41) is 34.8. The predicted octanol–water partition coefficient (Wildman–Crippen LogP) is 4.35. The fourth-order valence-electron chi connectivity index (χ4n) is 6.05. The van der Waals surface area contributed by atoms with Crippen LogP contribution < -0.4 is 10.6 Å². The van der Waals surface area contributed by atoms with Crippen LogP contribution in [0, 0.1) is 13.8 Å². The van der Waals surface area contributed by atoms with Crippen LogP contribution in [-0.4, -0.2) is 60.0 Å². The van der Waals surface area contributed by atoms with Crippen molar-refractivity contribution in [2.45, 2.75) is 65.0 Å². The molecule has 0 aromatic carbocycles. The normalized spacial score (nSPS) is 21.5. The lowest BCUT2D eigenvalue weighted by Crippen LogP contribution is -2.15. The van der Waals surface area contributed by atoms with Gasteiger partial charge in [-0.2, -0.15) is 11.8 Å². The van der Waals surface area contributed by atoms with Gasteiger partial charge in [0.25, 0.3) is 11.8 Å². The van der Waals surface area contributed by atoms with Crippen molar-refractivity contribution < 1.29 is 34.5 Å². The number of nitrogens with one attached hydrogen (secondary N) is 4. The molecule has 0 bridgehead atoms. The van der Waals surface area contributed by atoms with Gasteiger partial charge in [0.05, 0.1) is 12.0 Å². The molecule has 236 valence electrons. The third-order valence-corrected chi connectivity index (χ3v) is 9.45. The molecule has 7 N–H and O–H groups in total. The van der Waals surface area contributed by atoms with E-state index < -0.39 is 11.9 Å². The van der Waals surface area contributed by atoms with E-state index in [0.29, 0.717) is 34.5 Å². The Morgan fingerprint density at radius 1 is 0.844 bits per heavy atom. The van der Waals surface area contributed by atoms with Gasteiger partial charge in [0.15, 0.2) is 0 Å². The molecule has 0 aliphatic carbocycles. The molecule has 3 aliphatic rings. The first-order valence-electron chi connectivity index (χ1n) is 14.7. The number of H-pyrrole nitrogens is 2. The molecule has 2 amide bonds. The number of aliphatic hydroxyl groups excluding tert-OH is 1. The largest absolute Gasteiger partial charge is 0.515 e. The fourth-order valence-corrected chi connectivity index (χ4v) is 6.79. The molecule has 2 aromatic heterocycles. The maximum absolute atomic E-state index is 12.5. The highest BCUT2D eigenvalue weighted by molar-refractivity contribution is 8.07. The summed E-state index contributed by atoms with van der Waals surface area (Å²) in [6.45, 7) is 7.32. The molecule has 0 radical (unpaired) electrons. The van der Waals surface area contributed by atoms with Crippen LogP contribution in [0.15, 0.2) is 46.0 Å². The summed E-state index contributed by atoms with van der Waals surface area (Å²) in [6.07, 6.45) is 6.83. The van der Waals surface area contributed by atoms with Gasteiger partial charge in [-0.3, -0.25) is 19.2 Å². The highest BCUT2D eigenvalue weighted by atomic mass is 32.2. The number of amides is 2. The Kier molecular flexibility index (Phi) is 8.96. The molecule has 11 nitrogen and oxygen atoms in total. The van der Waals surface area contributed by atoms with Gasteiger partial charge in [0.2, 0.25) is 0 Å². The Morgan fingerprint density at radius 2 is 1.36 bits per heavy atom. The number of aliphatic hydroxyl groups is 1. The minimum Gasteiger partial charge on any atom is -0.515 e. The third-order valence-electron chi connectivity index (χ3n) is 8.55. The van der Waals surface area contributed by atoms with Gasteiger partial charge in [0, 0.05) is 75.5 Å². The van der Waals surface area contributed by atoms with Crippen LogP contribution in [0.2, 0.25) is 0 Å². The number of carbonyl (C=O) groups is 4. The smallest absolute Gasteiger partial charge is 0.303 e. The number of thioether (sulfide) groups is 1. The zero-order chi connectivity index (χ0) is 32.6. The lowest BCUT2D eigenvalue weighted by Gasteiger charge is -2.07. The maximum atomic E-state index is 12.5. The van der Waals surface area contributed by atoms with Gasteiger partial charge in [-0.05, 0) is 80.5 Å². The van der Waals surface area contributed by atoms with Crippen LogP contribution in [0.1, 0.15) is 71.7 Å². The number of aliphatic carboxylic acids is 2. The van der Waals surface area contributed by atoms with Crippen LogP contribution in [0.4, 0.5) is 0 Å². The second-order valence-electron chi connectivity index (χ2n) is 11.3. The van der Waals surface area contributed by atoms with Gasteiger partial charge in [-0.1, -0.05) is 6.08 Å². The first-order chi connectivity index (χ1) is 21.4. The van der Waals surface area contributed by atoms with E-state index in [9.17, 15) is 34.5 Å². The van der Waals surface area contributed by atoms with E-state index in [1.54, 1.807) is 30.8 Å². The topological polar surface area (TPSA) is 185 Å². The molecule has 12 heteroatoms. The van der Waals surface area contributed by atoms with Gasteiger partial charge in [-0.25, -0.2) is 0 Å². The molecular weight excluding hydrogens is 596 g/mol. The van der Waals surface area contributed by atoms with Gasteiger partial charge in [0.1, 0.15) is 0 Å². The molecule has 0 spiro atoms. The quantitative estimate of drug-likeness (QED) is 0.108. The Labute approximate surface area is 264 Å². The number of hydrogen-bond donors (Lipinski definition) is 7. The number of rotatable bonds is 11. The van der Waals surface area contributed by atoms with Crippen LogP contribution >= 0.6 is 11.8 Å². The van der Waals surface area contributed by atoms with E-state index in [4.69, 9.17) is 0 Å². The number of carboxylic acid groups (broad SMARTS) is 2. The number of aromatic nitrogens is 2. The molecule has 2 fully saturated rings. The molecule has 5 heterocycles. The summed E-state index contributed by atoms with van der Waals surface area (Å²) < 4.78 is 0. The van der Waals surface area contributed by atoms with Crippen molar-refractivity contribution >= 4 is 47.7 Å². The monoisotopic (exact) mass is 632 g/mol. The second kappa shape index (κ2) is 12.7. The summed E-state index contributed by atoms with van der Waals surface area (Å²) in [7, 11) is 0. The molecular formula is C33H36N4O7S. The van der Waals surface area contributed by atoms with Crippen molar-refractivity contribution in [3.05, 3.63) is 91.1 Å². The van der Waals surface area contributed by atoms with Gasteiger partial charge >= 0.3 is 11.9 Å². The predicted molar refractivity (Wildman–Crippen MR) is 171 cm³/mol. The maximum Gasteiger partial charge on any atom is 0.303 e. The number of allylic oxidation sites excluding steroid dienone is 3. The van der Waals surface area contributed by atoms with E-state index in [1.807, 2.05) is 26.8 Å². The van der Waals surface area contributed by atoms with Crippen molar-refractivity contribution in [2.75, 3.05) is 5.75 Å².